The SMILES string of the molecule is CN(CC(O)COCc1ccccc1)C(=O)c1cccc(F)n1. The van der Waals surface area contributed by atoms with Crippen molar-refractivity contribution >= 4 is 5.91 Å². The van der Waals surface area contributed by atoms with Crippen LogP contribution in [0.15, 0.2) is 48.5 Å². The molecule has 0 radical (unpaired) electrons. The minimum absolute atomic E-state index is 0.00454. The number of rotatable bonds is 7. The summed E-state index contributed by atoms with van der Waals surface area (Å²) in [7, 11) is 1.52. The van der Waals surface area contributed by atoms with Gasteiger partial charge in [-0.3, -0.25) is 4.79 Å². The molecular formula is C17H19FN2O3. The van der Waals surface area contributed by atoms with Gasteiger partial charge in [-0.2, -0.15) is 4.39 Å². The summed E-state index contributed by atoms with van der Waals surface area (Å²) in [4.78, 5) is 16.9. The number of halogens is 1. The Balaban J connectivity index is 1.78. The smallest absolute Gasteiger partial charge is 0.272 e. The highest BCUT2D eigenvalue weighted by molar-refractivity contribution is 5.92. The number of aromatic nitrogens is 1. The van der Waals surface area contributed by atoms with Gasteiger partial charge in [-0.25, -0.2) is 4.98 Å². The van der Waals surface area contributed by atoms with Gasteiger partial charge in [-0.1, -0.05) is 36.4 Å². The zero-order valence-electron chi connectivity index (χ0n) is 12.9. The molecule has 0 spiro atoms. The van der Waals surface area contributed by atoms with E-state index in [-0.39, 0.29) is 18.8 Å². The number of carbonyl (C=O) groups is 1. The number of carbonyl (C=O) groups excluding carboxylic acids is 1. The molecule has 2 aromatic rings. The number of benzene rings is 1. The van der Waals surface area contributed by atoms with Crippen LogP contribution < -0.4 is 0 Å². The molecule has 1 aromatic heterocycles. The van der Waals surface area contributed by atoms with Crippen molar-refractivity contribution in [2.24, 2.45) is 0 Å². The Morgan fingerprint density at radius 2 is 2.00 bits per heavy atom. The van der Waals surface area contributed by atoms with E-state index in [0.717, 1.165) is 5.56 Å². The average Bonchev–Trinajstić information content (AvgIpc) is 2.55. The topological polar surface area (TPSA) is 62.7 Å². The standard InChI is InChI=1S/C17H19FN2O3/c1-20(17(22)15-8-5-9-16(18)19-15)10-14(21)12-23-11-13-6-3-2-4-7-13/h2-9,14,21H,10-12H2,1H3. The van der Waals surface area contributed by atoms with E-state index in [1.54, 1.807) is 0 Å². The van der Waals surface area contributed by atoms with E-state index in [1.807, 2.05) is 30.3 Å². The van der Waals surface area contributed by atoms with E-state index in [9.17, 15) is 14.3 Å². The Hall–Kier alpha value is -2.31. The molecule has 0 bridgehead atoms. The number of hydrogen-bond donors (Lipinski definition) is 1. The molecule has 1 aromatic carbocycles. The van der Waals surface area contributed by atoms with Crippen LogP contribution in [-0.2, 0) is 11.3 Å². The number of nitrogens with zero attached hydrogens (tertiary/aromatic N) is 2. The van der Waals surface area contributed by atoms with Gasteiger partial charge in [0.2, 0.25) is 5.95 Å². The molecule has 122 valence electrons. The second-order valence-corrected chi connectivity index (χ2v) is 5.19. The molecule has 6 heteroatoms. The van der Waals surface area contributed by atoms with E-state index in [1.165, 1.54) is 30.1 Å². The van der Waals surface area contributed by atoms with Gasteiger partial charge in [0.1, 0.15) is 5.69 Å². The van der Waals surface area contributed by atoms with Gasteiger partial charge in [0, 0.05) is 13.6 Å². The Kier molecular flexibility index (Phi) is 6.19. The first kappa shape index (κ1) is 17.1. The highest BCUT2D eigenvalue weighted by atomic mass is 19.1. The second kappa shape index (κ2) is 8.36. The average molecular weight is 318 g/mol. The van der Waals surface area contributed by atoms with Crippen molar-refractivity contribution in [1.82, 2.24) is 9.88 Å². The second-order valence-electron chi connectivity index (χ2n) is 5.19. The van der Waals surface area contributed by atoms with Crippen LogP contribution in [0.3, 0.4) is 0 Å². The van der Waals surface area contributed by atoms with Crippen LogP contribution >= 0.6 is 0 Å². The number of aliphatic hydroxyl groups is 1. The fourth-order valence-electron chi connectivity index (χ4n) is 2.06. The molecule has 0 fully saturated rings. The maximum atomic E-state index is 13.0. The molecule has 0 aliphatic heterocycles. The summed E-state index contributed by atoms with van der Waals surface area (Å²) in [5, 5.41) is 9.93. The highest BCUT2D eigenvalue weighted by Crippen LogP contribution is 2.04. The highest BCUT2D eigenvalue weighted by Gasteiger charge is 2.17. The summed E-state index contributed by atoms with van der Waals surface area (Å²) in [5.74, 6) is -1.16. The van der Waals surface area contributed by atoms with Crippen molar-refractivity contribution in [3.8, 4) is 0 Å². The Morgan fingerprint density at radius 1 is 1.26 bits per heavy atom. The largest absolute Gasteiger partial charge is 0.389 e. The van der Waals surface area contributed by atoms with Gasteiger partial charge >= 0.3 is 0 Å². The molecule has 1 atom stereocenters. The summed E-state index contributed by atoms with van der Waals surface area (Å²) >= 11 is 0. The Bertz CT molecular complexity index is 637. The maximum Gasteiger partial charge on any atom is 0.272 e. The third-order valence-electron chi connectivity index (χ3n) is 3.19. The third kappa shape index (κ3) is 5.43. The zero-order chi connectivity index (χ0) is 16.7. The van der Waals surface area contributed by atoms with E-state index >= 15 is 0 Å². The molecule has 0 aliphatic carbocycles. The molecule has 5 nitrogen and oxygen atoms in total. The van der Waals surface area contributed by atoms with E-state index < -0.39 is 18.0 Å². The molecule has 1 unspecified atom stereocenters. The first-order valence-corrected chi connectivity index (χ1v) is 7.24. The molecule has 1 N–H and O–H groups in total. The maximum absolute atomic E-state index is 13.0. The van der Waals surface area contributed by atoms with Crippen LogP contribution in [-0.4, -0.2) is 47.2 Å². The van der Waals surface area contributed by atoms with Crippen LogP contribution in [0, 0.1) is 5.95 Å². The van der Waals surface area contributed by atoms with Gasteiger partial charge in [0.15, 0.2) is 0 Å². The Morgan fingerprint density at radius 3 is 2.70 bits per heavy atom. The third-order valence-corrected chi connectivity index (χ3v) is 3.19. The quantitative estimate of drug-likeness (QED) is 0.792. The summed E-state index contributed by atoms with van der Waals surface area (Å²) < 4.78 is 18.5. The summed E-state index contributed by atoms with van der Waals surface area (Å²) in [6.45, 7) is 0.565. The minimum atomic E-state index is -0.832. The zero-order valence-corrected chi connectivity index (χ0v) is 12.9. The monoisotopic (exact) mass is 318 g/mol. The molecule has 0 saturated carbocycles. The van der Waals surface area contributed by atoms with Crippen LogP contribution in [0.1, 0.15) is 16.1 Å². The first-order chi connectivity index (χ1) is 11.1. The van der Waals surface area contributed by atoms with Crippen molar-refractivity contribution in [3.63, 3.8) is 0 Å². The molecule has 0 saturated heterocycles. The van der Waals surface area contributed by atoms with E-state index in [4.69, 9.17) is 4.74 Å². The number of pyridine rings is 1. The fraction of sp³-hybridized carbons (Fsp3) is 0.294. The number of aliphatic hydroxyl groups excluding tert-OH is 1. The number of likely N-dealkylation sites (N-methyl/N-ethyl adjacent to an activating group) is 1. The van der Waals surface area contributed by atoms with Crippen molar-refractivity contribution in [2.75, 3.05) is 20.2 Å². The van der Waals surface area contributed by atoms with Crippen molar-refractivity contribution in [2.45, 2.75) is 12.7 Å². The lowest BCUT2D eigenvalue weighted by Gasteiger charge is -2.20. The van der Waals surface area contributed by atoms with Gasteiger partial charge < -0.3 is 14.7 Å². The summed E-state index contributed by atoms with van der Waals surface area (Å²) in [6.07, 6.45) is -0.832. The lowest BCUT2D eigenvalue weighted by molar-refractivity contribution is 0.0135. The lowest BCUT2D eigenvalue weighted by Crippen LogP contribution is -2.36. The molecule has 1 amide bonds. The number of hydrogen-bond acceptors (Lipinski definition) is 4. The molecule has 2 rings (SSSR count). The van der Waals surface area contributed by atoms with Crippen molar-refractivity contribution in [3.05, 3.63) is 65.7 Å². The Labute approximate surface area is 134 Å². The molecule has 0 aliphatic rings. The molecule has 23 heavy (non-hydrogen) atoms. The van der Waals surface area contributed by atoms with Gasteiger partial charge in [0.05, 0.1) is 19.3 Å². The van der Waals surface area contributed by atoms with Crippen LogP contribution in [0.2, 0.25) is 0 Å². The predicted octanol–water partition coefficient (Wildman–Crippen LogP) is 1.87. The van der Waals surface area contributed by atoms with E-state index in [2.05, 4.69) is 4.98 Å². The fourth-order valence-corrected chi connectivity index (χ4v) is 2.06. The number of amides is 1. The van der Waals surface area contributed by atoms with Crippen LogP contribution in [0.5, 0.6) is 0 Å². The summed E-state index contributed by atoms with van der Waals surface area (Å²) in [6, 6.07) is 13.6. The van der Waals surface area contributed by atoms with Crippen LogP contribution in [0.25, 0.3) is 0 Å². The number of ether oxygens (including phenoxy) is 1. The lowest BCUT2D eigenvalue weighted by atomic mass is 10.2. The van der Waals surface area contributed by atoms with Gasteiger partial charge in [-0.05, 0) is 17.7 Å². The van der Waals surface area contributed by atoms with Gasteiger partial charge in [0.25, 0.3) is 5.91 Å². The van der Waals surface area contributed by atoms with E-state index in [0.29, 0.717) is 6.61 Å². The minimum Gasteiger partial charge on any atom is -0.389 e. The van der Waals surface area contributed by atoms with Crippen molar-refractivity contribution < 1.29 is 19.0 Å². The van der Waals surface area contributed by atoms with Gasteiger partial charge in [-0.15, -0.1) is 0 Å². The first-order valence-electron chi connectivity index (χ1n) is 7.24. The van der Waals surface area contributed by atoms with Crippen molar-refractivity contribution in [1.29, 1.82) is 0 Å². The van der Waals surface area contributed by atoms with Crippen LogP contribution in [0.4, 0.5) is 4.39 Å². The summed E-state index contributed by atoms with van der Waals surface area (Å²) in [5.41, 5.74) is 1.01. The molecule has 1 heterocycles. The predicted molar refractivity (Wildman–Crippen MR) is 83.3 cm³/mol. The normalized spacial score (nSPS) is 12.0. The molecular weight excluding hydrogens is 299 g/mol.